The van der Waals surface area contributed by atoms with E-state index in [1.807, 2.05) is 46.7 Å². The third-order valence-corrected chi connectivity index (χ3v) is 4.87. The Bertz CT molecular complexity index is 600. The molecule has 1 aliphatic rings. The summed E-state index contributed by atoms with van der Waals surface area (Å²) >= 11 is 1.67. The van der Waals surface area contributed by atoms with E-state index < -0.39 is 0 Å². The van der Waals surface area contributed by atoms with Gasteiger partial charge in [0, 0.05) is 23.9 Å². The van der Waals surface area contributed by atoms with E-state index >= 15 is 0 Å². The molecule has 2 unspecified atom stereocenters. The van der Waals surface area contributed by atoms with Gasteiger partial charge in [-0.15, -0.1) is 11.3 Å². The molecular formula is C17H20N2O2S. The van der Waals surface area contributed by atoms with E-state index in [2.05, 4.69) is 6.07 Å². The first-order valence-electron chi connectivity index (χ1n) is 7.47. The van der Waals surface area contributed by atoms with Gasteiger partial charge in [-0.1, -0.05) is 36.4 Å². The van der Waals surface area contributed by atoms with Gasteiger partial charge in [0.2, 0.25) is 5.91 Å². The standard InChI is InChI=1S/C17H20N2O2S/c18-14(13-5-2-1-3-6-13)11-17(20)19-8-9-21-15(12-19)16-7-4-10-22-16/h1-7,10,14-15H,8-9,11-12,18H2. The minimum Gasteiger partial charge on any atom is -0.369 e. The van der Waals surface area contributed by atoms with Crippen LogP contribution in [0.15, 0.2) is 47.8 Å². The zero-order valence-electron chi connectivity index (χ0n) is 12.4. The predicted octanol–water partition coefficient (Wildman–Crippen LogP) is 2.74. The van der Waals surface area contributed by atoms with Crippen molar-refractivity contribution in [1.82, 2.24) is 4.90 Å². The third kappa shape index (κ3) is 3.55. The quantitative estimate of drug-likeness (QED) is 0.943. The SMILES string of the molecule is NC(CC(=O)N1CCOC(c2cccs2)C1)c1ccccc1. The maximum Gasteiger partial charge on any atom is 0.224 e. The lowest BCUT2D eigenvalue weighted by molar-refractivity contribution is -0.139. The molecule has 1 aliphatic heterocycles. The van der Waals surface area contributed by atoms with Gasteiger partial charge in [-0.05, 0) is 17.0 Å². The molecule has 0 bridgehead atoms. The zero-order chi connectivity index (χ0) is 15.4. The Morgan fingerprint density at radius 1 is 1.32 bits per heavy atom. The second-order valence-corrected chi connectivity index (χ2v) is 6.42. The molecule has 0 spiro atoms. The summed E-state index contributed by atoms with van der Waals surface area (Å²) in [6, 6.07) is 13.6. The van der Waals surface area contributed by atoms with Gasteiger partial charge in [0.15, 0.2) is 0 Å². The number of rotatable bonds is 4. The molecule has 2 atom stereocenters. The Hall–Kier alpha value is -1.69. The van der Waals surface area contributed by atoms with Crippen LogP contribution >= 0.6 is 11.3 Å². The van der Waals surface area contributed by atoms with Crippen molar-refractivity contribution >= 4 is 17.2 Å². The molecule has 3 rings (SSSR count). The lowest BCUT2D eigenvalue weighted by Crippen LogP contribution is -2.43. The van der Waals surface area contributed by atoms with Gasteiger partial charge in [-0.2, -0.15) is 0 Å². The fourth-order valence-corrected chi connectivity index (χ4v) is 3.42. The van der Waals surface area contributed by atoms with Crippen LogP contribution in [0.3, 0.4) is 0 Å². The van der Waals surface area contributed by atoms with Crippen LogP contribution in [0.25, 0.3) is 0 Å². The zero-order valence-corrected chi connectivity index (χ0v) is 13.2. The molecule has 1 saturated heterocycles. The number of nitrogens with two attached hydrogens (primary N) is 1. The fourth-order valence-electron chi connectivity index (χ4n) is 2.66. The van der Waals surface area contributed by atoms with Crippen LogP contribution in [0.5, 0.6) is 0 Å². The summed E-state index contributed by atoms with van der Waals surface area (Å²) in [5.74, 6) is 0.0983. The highest BCUT2D eigenvalue weighted by molar-refractivity contribution is 7.10. The van der Waals surface area contributed by atoms with Crippen molar-refractivity contribution in [3.05, 3.63) is 58.3 Å². The van der Waals surface area contributed by atoms with Crippen LogP contribution in [-0.4, -0.2) is 30.5 Å². The molecule has 2 aromatic rings. The molecule has 1 amide bonds. The third-order valence-electron chi connectivity index (χ3n) is 3.90. The average molecular weight is 316 g/mol. The average Bonchev–Trinajstić information content (AvgIpc) is 3.10. The van der Waals surface area contributed by atoms with Crippen LogP contribution in [-0.2, 0) is 9.53 Å². The van der Waals surface area contributed by atoms with Crippen LogP contribution in [0.2, 0.25) is 0 Å². The van der Waals surface area contributed by atoms with E-state index in [1.165, 1.54) is 4.88 Å². The number of carbonyl (C=O) groups is 1. The molecule has 22 heavy (non-hydrogen) atoms. The fraction of sp³-hybridized carbons (Fsp3) is 0.353. The van der Waals surface area contributed by atoms with Gasteiger partial charge >= 0.3 is 0 Å². The molecule has 4 nitrogen and oxygen atoms in total. The van der Waals surface area contributed by atoms with Crippen molar-refractivity contribution < 1.29 is 9.53 Å². The summed E-state index contributed by atoms with van der Waals surface area (Å²) in [5.41, 5.74) is 7.15. The molecule has 2 heterocycles. The molecule has 1 aromatic heterocycles. The van der Waals surface area contributed by atoms with Gasteiger partial charge in [-0.3, -0.25) is 4.79 Å². The normalized spacial score (nSPS) is 19.9. The Labute approximate surface area is 134 Å². The minimum absolute atomic E-state index is 0.00866. The van der Waals surface area contributed by atoms with Gasteiger partial charge in [0.25, 0.3) is 0 Å². The second-order valence-electron chi connectivity index (χ2n) is 5.44. The van der Waals surface area contributed by atoms with Gasteiger partial charge in [-0.25, -0.2) is 0 Å². The van der Waals surface area contributed by atoms with Crippen molar-refractivity contribution in [2.24, 2.45) is 5.73 Å². The lowest BCUT2D eigenvalue weighted by atomic mass is 10.0. The molecule has 0 aliphatic carbocycles. The van der Waals surface area contributed by atoms with Crippen LogP contribution in [0.1, 0.15) is 29.0 Å². The first kappa shape index (κ1) is 15.2. The molecular weight excluding hydrogens is 296 g/mol. The minimum atomic E-state index is -0.253. The Balaban J connectivity index is 1.60. The monoisotopic (exact) mass is 316 g/mol. The van der Waals surface area contributed by atoms with E-state index in [1.54, 1.807) is 11.3 Å². The number of carbonyl (C=O) groups excluding carboxylic acids is 1. The van der Waals surface area contributed by atoms with Crippen molar-refractivity contribution in [2.45, 2.75) is 18.6 Å². The largest absolute Gasteiger partial charge is 0.369 e. The van der Waals surface area contributed by atoms with Crippen molar-refractivity contribution in [2.75, 3.05) is 19.7 Å². The summed E-state index contributed by atoms with van der Waals surface area (Å²) in [7, 11) is 0. The van der Waals surface area contributed by atoms with E-state index in [9.17, 15) is 4.79 Å². The number of morpholine rings is 1. The number of amides is 1. The molecule has 2 N–H and O–H groups in total. The van der Waals surface area contributed by atoms with Crippen molar-refractivity contribution in [3.8, 4) is 0 Å². The summed E-state index contributed by atoms with van der Waals surface area (Å²) in [4.78, 5) is 15.5. The van der Waals surface area contributed by atoms with Gasteiger partial charge in [0.05, 0.1) is 13.2 Å². The maximum atomic E-state index is 12.5. The molecule has 0 saturated carbocycles. The summed E-state index contributed by atoms with van der Waals surface area (Å²) in [6.45, 7) is 1.83. The van der Waals surface area contributed by atoms with E-state index in [0.29, 0.717) is 26.1 Å². The highest BCUT2D eigenvalue weighted by Crippen LogP contribution is 2.27. The highest BCUT2D eigenvalue weighted by atomic mass is 32.1. The molecule has 1 fully saturated rings. The molecule has 116 valence electrons. The lowest BCUT2D eigenvalue weighted by Gasteiger charge is -2.33. The number of benzene rings is 1. The number of nitrogens with zero attached hydrogens (tertiary/aromatic N) is 1. The Morgan fingerprint density at radius 2 is 2.14 bits per heavy atom. The molecule has 0 radical (unpaired) electrons. The number of thiophene rings is 1. The van der Waals surface area contributed by atoms with Gasteiger partial charge < -0.3 is 15.4 Å². The van der Waals surface area contributed by atoms with E-state index in [0.717, 1.165) is 5.56 Å². The first-order chi connectivity index (χ1) is 10.7. The Morgan fingerprint density at radius 3 is 2.86 bits per heavy atom. The number of hydrogen-bond donors (Lipinski definition) is 1. The highest BCUT2D eigenvalue weighted by Gasteiger charge is 2.26. The van der Waals surface area contributed by atoms with Crippen molar-refractivity contribution in [1.29, 1.82) is 0 Å². The smallest absolute Gasteiger partial charge is 0.224 e. The first-order valence-corrected chi connectivity index (χ1v) is 8.35. The summed E-state index contributed by atoms with van der Waals surface area (Å²) < 4.78 is 5.78. The van der Waals surface area contributed by atoms with Crippen LogP contribution < -0.4 is 5.73 Å². The maximum absolute atomic E-state index is 12.5. The number of hydrogen-bond acceptors (Lipinski definition) is 4. The topological polar surface area (TPSA) is 55.6 Å². The number of ether oxygens (including phenoxy) is 1. The van der Waals surface area contributed by atoms with Gasteiger partial charge in [0.1, 0.15) is 6.10 Å². The molecule has 5 heteroatoms. The Kier molecular flexibility index (Phi) is 4.87. The van der Waals surface area contributed by atoms with E-state index in [-0.39, 0.29) is 18.1 Å². The predicted molar refractivity (Wildman–Crippen MR) is 87.6 cm³/mol. The summed E-state index contributed by atoms with van der Waals surface area (Å²) in [6.07, 6.45) is 0.326. The molecule has 1 aromatic carbocycles. The van der Waals surface area contributed by atoms with Crippen LogP contribution in [0.4, 0.5) is 0 Å². The summed E-state index contributed by atoms with van der Waals surface area (Å²) in [5, 5.41) is 2.03. The van der Waals surface area contributed by atoms with Crippen LogP contribution in [0, 0.1) is 0 Å². The van der Waals surface area contributed by atoms with Crippen molar-refractivity contribution in [3.63, 3.8) is 0 Å². The second kappa shape index (κ2) is 7.05. The van der Waals surface area contributed by atoms with E-state index in [4.69, 9.17) is 10.5 Å².